The second-order valence-electron chi connectivity index (χ2n) is 3.70. The molecule has 0 fully saturated rings. The molecule has 0 unspecified atom stereocenters. The molecule has 1 amide bonds. The number of hydrogen-bond acceptors (Lipinski definition) is 6. The Morgan fingerprint density at radius 1 is 1.58 bits per heavy atom. The van der Waals surface area contributed by atoms with E-state index in [1.54, 1.807) is 6.07 Å². The number of hydrogen-bond donors (Lipinski definition) is 2. The summed E-state index contributed by atoms with van der Waals surface area (Å²) in [4.78, 5) is 25.4. The van der Waals surface area contributed by atoms with E-state index in [1.807, 2.05) is 0 Å². The average Bonchev–Trinajstić information content (AvgIpc) is 2.89. The zero-order valence-corrected chi connectivity index (χ0v) is 9.70. The minimum atomic E-state index is -0.640. The molecule has 2 aromatic heterocycles. The molecule has 0 saturated carbocycles. The summed E-state index contributed by atoms with van der Waals surface area (Å²) >= 11 is 0. The maximum atomic E-state index is 11.9. The van der Waals surface area contributed by atoms with Gasteiger partial charge in [0.05, 0.1) is 23.0 Å². The van der Waals surface area contributed by atoms with E-state index in [2.05, 4.69) is 10.3 Å². The number of pyridine rings is 1. The first-order chi connectivity index (χ1) is 9.08. The Morgan fingerprint density at radius 2 is 2.37 bits per heavy atom. The van der Waals surface area contributed by atoms with Crippen LogP contribution in [0.3, 0.4) is 0 Å². The van der Waals surface area contributed by atoms with Crippen LogP contribution in [0.1, 0.15) is 15.9 Å². The molecular weight excluding hydrogens is 252 g/mol. The molecule has 0 aliphatic carbocycles. The van der Waals surface area contributed by atoms with E-state index in [9.17, 15) is 14.9 Å². The van der Waals surface area contributed by atoms with Crippen LogP contribution < -0.4 is 11.1 Å². The van der Waals surface area contributed by atoms with Gasteiger partial charge in [-0.2, -0.15) is 0 Å². The van der Waals surface area contributed by atoms with Crippen LogP contribution >= 0.6 is 0 Å². The quantitative estimate of drug-likeness (QED) is 0.627. The summed E-state index contributed by atoms with van der Waals surface area (Å²) in [7, 11) is 0. The second-order valence-corrected chi connectivity index (χ2v) is 3.70. The van der Waals surface area contributed by atoms with Gasteiger partial charge in [0.15, 0.2) is 0 Å². The number of carbonyl (C=O) groups excluding carboxylic acids is 1. The lowest BCUT2D eigenvalue weighted by molar-refractivity contribution is -0.385. The van der Waals surface area contributed by atoms with E-state index in [1.165, 1.54) is 12.5 Å². The number of rotatable bonds is 4. The Hall–Kier alpha value is -2.90. The Bertz CT molecular complexity index is 609. The molecule has 0 radical (unpaired) electrons. The van der Waals surface area contributed by atoms with E-state index < -0.39 is 10.8 Å². The fourth-order valence-electron chi connectivity index (χ4n) is 1.42. The highest BCUT2D eigenvalue weighted by atomic mass is 16.6. The number of nitrogens with zero attached hydrogens (tertiary/aromatic N) is 2. The van der Waals surface area contributed by atoms with Gasteiger partial charge in [-0.3, -0.25) is 14.9 Å². The van der Waals surface area contributed by atoms with Crippen LogP contribution in [0.25, 0.3) is 0 Å². The first-order valence-corrected chi connectivity index (χ1v) is 5.27. The van der Waals surface area contributed by atoms with Crippen LogP contribution in [0.2, 0.25) is 0 Å². The van der Waals surface area contributed by atoms with Crippen LogP contribution in [0.4, 0.5) is 11.5 Å². The summed E-state index contributed by atoms with van der Waals surface area (Å²) in [6.45, 7) is 0.234. The van der Waals surface area contributed by atoms with Crippen molar-refractivity contribution in [2.45, 2.75) is 6.54 Å². The van der Waals surface area contributed by atoms with Crippen LogP contribution in [0.15, 0.2) is 35.3 Å². The SMILES string of the molecule is Nc1ncc([N+](=O)[O-])cc1C(=O)NCc1ccoc1. The van der Waals surface area contributed by atoms with E-state index in [4.69, 9.17) is 10.2 Å². The largest absolute Gasteiger partial charge is 0.472 e. The van der Waals surface area contributed by atoms with Crippen molar-refractivity contribution in [3.8, 4) is 0 Å². The van der Waals surface area contributed by atoms with Gasteiger partial charge in [0.25, 0.3) is 11.6 Å². The third kappa shape index (κ3) is 2.86. The number of nitrogen functional groups attached to an aromatic ring is 1. The van der Waals surface area contributed by atoms with Crippen LogP contribution in [-0.4, -0.2) is 15.8 Å². The maximum absolute atomic E-state index is 11.9. The van der Waals surface area contributed by atoms with Gasteiger partial charge in [-0.15, -0.1) is 0 Å². The van der Waals surface area contributed by atoms with Gasteiger partial charge in [-0.05, 0) is 6.07 Å². The first-order valence-electron chi connectivity index (χ1n) is 5.27. The topological polar surface area (TPSA) is 124 Å². The number of nitrogens with one attached hydrogen (secondary N) is 1. The molecule has 3 N–H and O–H groups in total. The summed E-state index contributed by atoms with van der Waals surface area (Å²) < 4.78 is 4.85. The molecule has 0 aliphatic rings. The van der Waals surface area contributed by atoms with Crippen molar-refractivity contribution < 1.29 is 14.1 Å². The second kappa shape index (κ2) is 5.17. The molecule has 0 spiro atoms. The minimum Gasteiger partial charge on any atom is -0.472 e. The molecule has 0 aliphatic heterocycles. The number of aromatic nitrogens is 1. The first kappa shape index (κ1) is 12.6. The monoisotopic (exact) mass is 262 g/mol. The smallest absolute Gasteiger partial charge is 0.288 e. The van der Waals surface area contributed by atoms with E-state index in [-0.39, 0.29) is 23.6 Å². The lowest BCUT2D eigenvalue weighted by Gasteiger charge is -2.05. The number of nitro groups is 1. The highest BCUT2D eigenvalue weighted by molar-refractivity contribution is 5.98. The van der Waals surface area contributed by atoms with Gasteiger partial charge in [0.1, 0.15) is 12.0 Å². The average molecular weight is 262 g/mol. The number of furan rings is 1. The van der Waals surface area contributed by atoms with Gasteiger partial charge in [0.2, 0.25) is 0 Å². The normalized spacial score (nSPS) is 10.1. The van der Waals surface area contributed by atoms with Gasteiger partial charge < -0.3 is 15.5 Å². The van der Waals surface area contributed by atoms with E-state index in [0.717, 1.165) is 17.8 Å². The molecule has 98 valence electrons. The molecule has 8 heteroatoms. The van der Waals surface area contributed by atoms with Crippen LogP contribution in [0, 0.1) is 10.1 Å². The molecular formula is C11H10N4O4. The van der Waals surface area contributed by atoms with Crippen molar-refractivity contribution in [3.05, 3.63) is 52.1 Å². The Kier molecular flexibility index (Phi) is 3.42. The molecule has 2 heterocycles. The van der Waals surface area contributed by atoms with E-state index in [0.29, 0.717) is 0 Å². The zero-order valence-electron chi connectivity index (χ0n) is 9.70. The third-order valence-electron chi connectivity index (χ3n) is 2.39. The summed E-state index contributed by atoms with van der Waals surface area (Å²) in [5, 5.41) is 13.2. The van der Waals surface area contributed by atoms with Crippen molar-refractivity contribution >= 4 is 17.4 Å². The van der Waals surface area contributed by atoms with E-state index >= 15 is 0 Å². The van der Waals surface area contributed by atoms with Crippen molar-refractivity contribution in [3.63, 3.8) is 0 Å². The van der Waals surface area contributed by atoms with Crippen molar-refractivity contribution in [1.82, 2.24) is 10.3 Å². The summed E-state index contributed by atoms with van der Waals surface area (Å²) in [6, 6.07) is 2.78. The molecule has 0 bridgehead atoms. The summed E-state index contributed by atoms with van der Waals surface area (Å²) in [6.07, 6.45) is 3.96. The lowest BCUT2D eigenvalue weighted by Crippen LogP contribution is -2.24. The summed E-state index contributed by atoms with van der Waals surface area (Å²) in [5.41, 5.74) is 5.98. The molecule has 0 saturated heterocycles. The van der Waals surface area contributed by atoms with Crippen LogP contribution in [-0.2, 0) is 6.54 Å². The van der Waals surface area contributed by atoms with Gasteiger partial charge in [0, 0.05) is 18.2 Å². The predicted octanol–water partition coefficient (Wildman–Crippen LogP) is 1.09. The molecule has 19 heavy (non-hydrogen) atoms. The Balaban J connectivity index is 2.14. The maximum Gasteiger partial charge on any atom is 0.288 e. The van der Waals surface area contributed by atoms with Crippen molar-refractivity contribution in [2.75, 3.05) is 5.73 Å². The molecule has 0 atom stereocenters. The lowest BCUT2D eigenvalue weighted by atomic mass is 10.2. The summed E-state index contributed by atoms with van der Waals surface area (Å²) in [5.74, 6) is -0.592. The van der Waals surface area contributed by atoms with Gasteiger partial charge in [-0.25, -0.2) is 4.98 Å². The van der Waals surface area contributed by atoms with Crippen LogP contribution in [0.5, 0.6) is 0 Å². The standard InChI is InChI=1S/C11H10N4O4/c12-10-9(3-8(5-13-10)15(17)18)11(16)14-4-7-1-2-19-6-7/h1-3,5-6H,4H2,(H2,12,13)(H,14,16). The molecule has 8 nitrogen and oxygen atoms in total. The minimum absolute atomic E-state index is 0.0299. The fraction of sp³-hybridized carbons (Fsp3) is 0.0909. The van der Waals surface area contributed by atoms with Gasteiger partial charge in [-0.1, -0.05) is 0 Å². The molecule has 2 rings (SSSR count). The Morgan fingerprint density at radius 3 is 3.00 bits per heavy atom. The number of nitrogens with two attached hydrogens (primary N) is 1. The zero-order chi connectivity index (χ0) is 13.8. The fourth-order valence-corrected chi connectivity index (χ4v) is 1.42. The number of anilines is 1. The number of amides is 1. The van der Waals surface area contributed by atoms with Crippen molar-refractivity contribution in [2.24, 2.45) is 0 Å². The Labute approximate surface area is 107 Å². The van der Waals surface area contributed by atoms with Crippen molar-refractivity contribution in [1.29, 1.82) is 0 Å². The van der Waals surface area contributed by atoms with Gasteiger partial charge >= 0.3 is 0 Å². The molecule has 0 aromatic carbocycles. The number of carbonyl (C=O) groups is 1. The highest BCUT2D eigenvalue weighted by Crippen LogP contribution is 2.16. The molecule has 2 aromatic rings. The highest BCUT2D eigenvalue weighted by Gasteiger charge is 2.16. The third-order valence-corrected chi connectivity index (χ3v) is 2.39. The predicted molar refractivity (Wildman–Crippen MR) is 65.2 cm³/mol.